The number of hydrogen-bond donors (Lipinski definition) is 2. The minimum atomic E-state index is -0.301. The first-order valence-electron chi connectivity index (χ1n) is 8.42. The molecule has 2 N–H and O–H groups in total. The van der Waals surface area contributed by atoms with Gasteiger partial charge in [0.15, 0.2) is 5.78 Å². The maximum atomic E-state index is 12.4. The predicted octanol–water partition coefficient (Wildman–Crippen LogP) is 3.06. The van der Waals surface area contributed by atoms with E-state index < -0.39 is 0 Å². The Kier molecular flexibility index (Phi) is 5.51. The molecule has 1 aromatic carbocycles. The van der Waals surface area contributed by atoms with Gasteiger partial charge in [-0.15, -0.1) is 0 Å². The van der Waals surface area contributed by atoms with E-state index in [9.17, 15) is 9.59 Å². The van der Waals surface area contributed by atoms with Crippen LogP contribution in [0.4, 0.5) is 11.6 Å². The molecule has 0 radical (unpaired) electrons. The number of hydrogen-bond acceptors (Lipinski definition) is 6. The molecule has 3 aromatic rings. The molecule has 0 spiro atoms. The molecule has 0 fully saturated rings. The van der Waals surface area contributed by atoms with Crippen LogP contribution in [0.15, 0.2) is 54.9 Å². The van der Waals surface area contributed by atoms with Gasteiger partial charge in [0.05, 0.1) is 0 Å². The Labute approximate surface area is 156 Å². The number of nitrogens with zero attached hydrogens (tertiary/aromatic N) is 3. The van der Waals surface area contributed by atoms with Crippen molar-refractivity contribution in [3.8, 4) is 0 Å². The second kappa shape index (κ2) is 8.18. The van der Waals surface area contributed by atoms with E-state index in [0.717, 1.165) is 5.56 Å². The van der Waals surface area contributed by atoms with Crippen LogP contribution >= 0.6 is 0 Å². The van der Waals surface area contributed by atoms with Crippen LogP contribution in [0.1, 0.15) is 39.0 Å². The summed E-state index contributed by atoms with van der Waals surface area (Å²) in [7, 11) is 0. The Bertz CT molecular complexity index is 973. The topological polar surface area (TPSA) is 96.9 Å². The number of amides is 1. The predicted molar refractivity (Wildman–Crippen MR) is 102 cm³/mol. The summed E-state index contributed by atoms with van der Waals surface area (Å²) in [5.41, 5.74) is 3.08. The summed E-state index contributed by atoms with van der Waals surface area (Å²) < 4.78 is 0. The number of Topliss-reactive ketones (excluding diaryl/α,β-unsaturated/α-hetero) is 1. The minimum absolute atomic E-state index is 0.0284. The Hall–Kier alpha value is -3.61. The molecule has 3 rings (SSSR count). The van der Waals surface area contributed by atoms with E-state index in [4.69, 9.17) is 0 Å². The molecule has 27 heavy (non-hydrogen) atoms. The van der Waals surface area contributed by atoms with E-state index in [1.54, 1.807) is 49.6 Å². The lowest BCUT2D eigenvalue weighted by atomic mass is 10.1. The van der Waals surface area contributed by atoms with E-state index in [1.165, 1.54) is 6.92 Å². The summed E-state index contributed by atoms with van der Waals surface area (Å²) in [6.45, 7) is 3.66. The normalized spacial score (nSPS) is 10.3. The summed E-state index contributed by atoms with van der Waals surface area (Å²) in [4.78, 5) is 36.6. The van der Waals surface area contributed by atoms with Gasteiger partial charge in [-0.05, 0) is 43.7 Å². The van der Waals surface area contributed by atoms with Crippen LogP contribution in [0.3, 0.4) is 0 Å². The highest BCUT2D eigenvalue weighted by Crippen LogP contribution is 2.16. The van der Waals surface area contributed by atoms with Crippen molar-refractivity contribution >= 4 is 23.3 Å². The van der Waals surface area contributed by atoms with Crippen LogP contribution in [0.25, 0.3) is 0 Å². The van der Waals surface area contributed by atoms with Gasteiger partial charge in [-0.25, -0.2) is 9.97 Å². The minimum Gasteiger partial charge on any atom is -0.347 e. The van der Waals surface area contributed by atoms with Gasteiger partial charge in [-0.1, -0.05) is 18.2 Å². The Balaban J connectivity index is 1.74. The van der Waals surface area contributed by atoms with Crippen molar-refractivity contribution in [3.05, 3.63) is 77.4 Å². The summed E-state index contributed by atoms with van der Waals surface area (Å²) in [6, 6.07) is 12.4. The molecule has 0 aliphatic carbocycles. The van der Waals surface area contributed by atoms with Gasteiger partial charge in [-0.3, -0.25) is 14.6 Å². The van der Waals surface area contributed by atoms with Gasteiger partial charge in [0.1, 0.15) is 5.69 Å². The van der Waals surface area contributed by atoms with Gasteiger partial charge in [0, 0.05) is 35.9 Å². The van der Waals surface area contributed by atoms with Gasteiger partial charge in [-0.2, -0.15) is 0 Å². The number of anilines is 2. The highest BCUT2D eigenvalue weighted by Gasteiger charge is 2.11. The third kappa shape index (κ3) is 4.94. The first-order valence-corrected chi connectivity index (χ1v) is 8.42. The monoisotopic (exact) mass is 361 g/mol. The first-order chi connectivity index (χ1) is 13.0. The first kappa shape index (κ1) is 18.2. The smallest absolute Gasteiger partial charge is 0.270 e. The SMILES string of the molecule is CC(=O)c1cccc(Nc2nc(C)cc(C(=O)NCc3cccnc3)n2)c1. The van der Waals surface area contributed by atoms with E-state index >= 15 is 0 Å². The molecule has 0 aliphatic heterocycles. The van der Waals surface area contributed by atoms with E-state index in [-0.39, 0.29) is 17.4 Å². The molecular weight excluding hydrogens is 342 g/mol. The van der Waals surface area contributed by atoms with Crippen molar-refractivity contribution in [1.82, 2.24) is 20.3 Å². The van der Waals surface area contributed by atoms with Crippen LogP contribution in [0.2, 0.25) is 0 Å². The fraction of sp³-hybridized carbons (Fsp3) is 0.150. The average molecular weight is 361 g/mol. The number of ketones is 1. The molecule has 0 unspecified atom stereocenters. The van der Waals surface area contributed by atoms with Crippen molar-refractivity contribution < 1.29 is 9.59 Å². The Morgan fingerprint density at radius 3 is 2.67 bits per heavy atom. The third-order valence-electron chi connectivity index (χ3n) is 3.79. The molecule has 0 aliphatic rings. The quantitative estimate of drug-likeness (QED) is 0.655. The lowest BCUT2D eigenvalue weighted by molar-refractivity contribution is 0.0945. The number of aromatic nitrogens is 3. The fourth-order valence-electron chi connectivity index (χ4n) is 2.46. The van der Waals surface area contributed by atoms with Crippen LogP contribution in [0.5, 0.6) is 0 Å². The number of pyridine rings is 1. The maximum absolute atomic E-state index is 12.4. The number of aryl methyl sites for hydroxylation is 1. The van der Waals surface area contributed by atoms with E-state index in [2.05, 4.69) is 25.6 Å². The lowest BCUT2D eigenvalue weighted by Gasteiger charge is -2.09. The number of nitrogens with one attached hydrogen (secondary N) is 2. The molecule has 2 aromatic heterocycles. The molecule has 0 atom stereocenters. The molecule has 0 bridgehead atoms. The van der Waals surface area contributed by atoms with Crippen LogP contribution in [-0.2, 0) is 6.54 Å². The molecule has 1 amide bonds. The second-order valence-corrected chi connectivity index (χ2v) is 6.02. The molecule has 136 valence electrons. The number of carbonyl (C=O) groups excluding carboxylic acids is 2. The van der Waals surface area contributed by atoms with Crippen LogP contribution in [-0.4, -0.2) is 26.6 Å². The van der Waals surface area contributed by atoms with Gasteiger partial charge in [0.2, 0.25) is 5.95 Å². The standard InChI is InChI=1S/C20H19N5O2/c1-13-9-18(19(27)22-12-15-5-4-8-21-11-15)25-20(23-13)24-17-7-3-6-16(10-17)14(2)26/h3-11H,12H2,1-2H3,(H,22,27)(H,23,24,25). The van der Waals surface area contributed by atoms with Crippen molar-refractivity contribution in [1.29, 1.82) is 0 Å². The summed E-state index contributed by atoms with van der Waals surface area (Å²) in [5.74, 6) is -0.0357. The summed E-state index contributed by atoms with van der Waals surface area (Å²) >= 11 is 0. The van der Waals surface area contributed by atoms with Gasteiger partial charge >= 0.3 is 0 Å². The molecule has 7 nitrogen and oxygen atoms in total. The van der Waals surface area contributed by atoms with E-state index in [0.29, 0.717) is 29.4 Å². The molecule has 0 saturated heterocycles. The zero-order valence-corrected chi connectivity index (χ0v) is 15.1. The molecule has 0 saturated carbocycles. The van der Waals surface area contributed by atoms with E-state index in [1.807, 2.05) is 12.1 Å². The number of rotatable bonds is 6. The zero-order valence-electron chi connectivity index (χ0n) is 15.1. The largest absolute Gasteiger partial charge is 0.347 e. The number of carbonyl (C=O) groups is 2. The fourth-order valence-corrected chi connectivity index (χ4v) is 2.46. The van der Waals surface area contributed by atoms with Crippen LogP contribution in [0, 0.1) is 6.92 Å². The number of benzene rings is 1. The Morgan fingerprint density at radius 1 is 1.07 bits per heavy atom. The third-order valence-corrected chi connectivity index (χ3v) is 3.79. The second-order valence-electron chi connectivity index (χ2n) is 6.02. The highest BCUT2D eigenvalue weighted by molar-refractivity contribution is 5.95. The van der Waals surface area contributed by atoms with Crippen LogP contribution < -0.4 is 10.6 Å². The maximum Gasteiger partial charge on any atom is 0.270 e. The molecule has 7 heteroatoms. The van der Waals surface area contributed by atoms with Crippen molar-refractivity contribution in [2.24, 2.45) is 0 Å². The Morgan fingerprint density at radius 2 is 1.93 bits per heavy atom. The molecule has 2 heterocycles. The highest BCUT2D eigenvalue weighted by atomic mass is 16.1. The van der Waals surface area contributed by atoms with Gasteiger partial charge in [0.25, 0.3) is 5.91 Å². The van der Waals surface area contributed by atoms with Crippen molar-refractivity contribution in [2.45, 2.75) is 20.4 Å². The van der Waals surface area contributed by atoms with Crippen molar-refractivity contribution in [3.63, 3.8) is 0 Å². The zero-order chi connectivity index (χ0) is 19.2. The molecular formula is C20H19N5O2. The van der Waals surface area contributed by atoms with Gasteiger partial charge < -0.3 is 10.6 Å². The summed E-state index contributed by atoms with van der Waals surface area (Å²) in [6.07, 6.45) is 3.37. The summed E-state index contributed by atoms with van der Waals surface area (Å²) in [5, 5.41) is 5.86. The van der Waals surface area contributed by atoms with Crippen molar-refractivity contribution in [2.75, 3.05) is 5.32 Å². The average Bonchev–Trinajstić information content (AvgIpc) is 2.66. The lowest BCUT2D eigenvalue weighted by Crippen LogP contribution is -2.24.